The third-order valence-electron chi connectivity index (χ3n) is 5.26. The van der Waals surface area contributed by atoms with Crippen LogP contribution in [0.5, 0.6) is 0 Å². The minimum atomic E-state index is 0.781. The summed E-state index contributed by atoms with van der Waals surface area (Å²) in [5, 5.41) is 0. The van der Waals surface area contributed by atoms with Gasteiger partial charge in [-0.25, -0.2) is 0 Å². The molecule has 0 amide bonds. The van der Waals surface area contributed by atoms with E-state index < -0.39 is 0 Å². The van der Waals surface area contributed by atoms with Gasteiger partial charge in [0.05, 0.1) is 12.2 Å². The Hall–Kier alpha value is -2.81. The molecule has 30 heavy (non-hydrogen) atoms. The lowest BCUT2D eigenvalue weighted by atomic mass is 9.99. The fraction of sp³-hybridized carbons (Fsp3) is 0.370. The van der Waals surface area contributed by atoms with Crippen LogP contribution < -0.4 is 0 Å². The van der Waals surface area contributed by atoms with Crippen LogP contribution in [-0.2, 0) is 6.54 Å². The van der Waals surface area contributed by atoms with Crippen LogP contribution in [-0.4, -0.2) is 36.7 Å². The van der Waals surface area contributed by atoms with Crippen molar-refractivity contribution < 1.29 is 0 Å². The first-order valence-electron chi connectivity index (χ1n) is 10.8. The number of rotatable bonds is 10. The van der Waals surface area contributed by atoms with Gasteiger partial charge < -0.3 is 9.80 Å². The van der Waals surface area contributed by atoms with Gasteiger partial charge in [-0.15, -0.1) is 0 Å². The fourth-order valence-electron chi connectivity index (χ4n) is 3.72. The molecule has 160 valence electrons. The van der Waals surface area contributed by atoms with Gasteiger partial charge in [0.15, 0.2) is 0 Å². The highest BCUT2D eigenvalue weighted by molar-refractivity contribution is 5.77. The molecule has 1 heterocycles. The van der Waals surface area contributed by atoms with Gasteiger partial charge in [0.1, 0.15) is 0 Å². The summed E-state index contributed by atoms with van der Waals surface area (Å²) < 4.78 is 0. The molecular formula is C27H37N3. The van der Waals surface area contributed by atoms with Gasteiger partial charge >= 0.3 is 0 Å². The average molecular weight is 404 g/mol. The van der Waals surface area contributed by atoms with Crippen molar-refractivity contribution in [2.45, 2.75) is 46.6 Å². The van der Waals surface area contributed by atoms with Crippen LogP contribution in [0.15, 0.2) is 83.3 Å². The van der Waals surface area contributed by atoms with Crippen LogP contribution in [0.2, 0.25) is 0 Å². The molecule has 0 N–H and O–H groups in total. The van der Waals surface area contributed by atoms with Crippen LogP contribution in [0, 0.1) is 0 Å². The van der Waals surface area contributed by atoms with Gasteiger partial charge in [0.2, 0.25) is 0 Å². The Morgan fingerprint density at radius 3 is 2.40 bits per heavy atom. The van der Waals surface area contributed by atoms with Crippen LogP contribution >= 0.6 is 0 Å². The van der Waals surface area contributed by atoms with E-state index in [-0.39, 0.29) is 0 Å². The summed E-state index contributed by atoms with van der Waals surface area (Å²) in [6.07, 6.45) is 7.29. The van der Waals surface area contributed by atoms with Gasteiger partial charge in [0, 0.05) is 44.3 Å². The SMILES string of the molecule is C=C(CCCC)C1=C(/N=C\C)CN(Cc2ccc(/C(=C/N(C)C)C(=C)C)cc2)C1=C. The molecule has 0 saturated carbocycles. The smallest absolute Gasteiger partial charge is 0.0688 e. The van der Waals surface area contributed by atoms with Crippen molar-refractivity contribution in [3.8, 4) is 0 Å². The quantitative estimate of drug-likeness (QED) is 0.324. The Kier molecular flexibility index (Phi) is 8.46. The molecule has 3 nitrogen and oxygen atoms in total. The number of unbranched alkanes of at least 4 members (excludes halogenated alkanes) is 1. The number of allylic oxidation sites excluding steroid dienone is 3. The van der Waals surface area contributed by atoms with Crippen molar-refractivity contribution in [2.75, 3.05) is 20.6 Å². The minimum absolute atomic E-state index is 0.781. The van der Waals surface area contributed by atoms with E-state index in [2.05, 4.69) is 71.9 Å². The second-order valence-corrected chi connectivity index (χ2v) is 8.20. The van der Waals surface area contributed by atoms with Crippen molar-refractivity contribution >= 4 is 11.8 Å². The predicted molar refractivity (Wildman–Crippen MR) is 132 cm³/mol. The van der Waals surface area contributed by atoms with Gasteiger partial charge in [-0.1, -0.05) is 57.3 Å². The lowest BCUT2D eigenvalue weighted by Gasteiger charge is -2.22. The number of aliphatic imine (C=N–C) groups is 1. The van der Waals surface area contributed by atoms with Gasteiger partial charge in [-0.05, 0) is 54.5 Å². The Morgan fingerprint density at radius 1 is 1.20 bits per heavy atom. The topological polar surface area (TPSA) is 18.8 Å². The first-order chi connectivity index (χ1) is 14.3. The largest absolute Gasteiger partial charge is 0.383 e. The number of benzene rings is 1. The standard InChI is InChI=1S/C27H37N3/c1-9-11-12-21(5)27-22(6)30(19-26(27)28-10-2)17-23-13-15-24(16-14-23)25(20(3)4)18-29(7)8/h10,13-16,18H,3,5-6,9,11-12,17,19H2,1-2,4,7-8H3/b25-18+,28-10-. The van der Waals surface area contributed by atoms with E-state index in [0.717, 1.165) is 66.0 Å². The Morgan fingerprint density at radius 2 is 1.87 bits per heavy atom. The molecule has 1 aromatic rings. The first-order valence-corrected chi connectivity index (χ1v) is 10.8. The Balaban J connectivity index is 2.18. The zero-order chi connectivity index (χ0) is 22.3. The molecule has 0 unspecified atom stereocenters. The second-order valence-electron chi connectivity index (χ2n) is 8.20. The Bertz CT molecular complexity index is 879. The molecule has 2 rings (SSSR count). The summed E-state index contributed by atoms with van der Waals surface area (Å²) in [6.45, 7) is 20.7. The monoisotopic (exact) mass is 403 g/mol. The molecule has 0 aliphatic carbocycles. The highest BCUT2D eigenvalue weighted by Gasteiger charge is 2.26. The maximum atomic E-state index is 4.63. The van der Waals surface area contributed by atoms with Gasteiger partial charge in [-0.3, -0.25) is 4.99 Å². The maximum absolute atomic E-state index is 4.63. The summed E-state index contributed by atoms with van der Waals surface area (Å²) in [6, 6.07) is 8.75. The molecule has 0 aromatic heterocycles. The first kappa shape index (κ1) is 23.5. The summed E-state index contributed by atoms with van der Waals surface area (Å²) in [5.41, 5.74) is 9.08. The molecule has 3 heteroatoms. The van der Waals surface area contributed by atoms with E-state index >= 15 is 0 Å². The number of nitrogens with zero attached hydrogens (tertiary/aromatic N) is 3. The predicted octanol–water partition coefficient (Wildman–Crippen LogP) is 6.59. The summed E-state index contributed by atoms with van der Waals surface area (Å²) in [5.74, 6) is 0. The highest BCUT2D eigenvalue weighted by Crippen LogP contribution is 2.35. The van der Waals surface area contributed by atoms with Gasteiger partial charge in [0.25, 0.3) is 0 Å². The van der Waals surface area contributed by atoms with Crippen LogP contribution in [0.4, 0.5) is 0 Å². The molecule has 0 atom stereocenters. The van der Waals surface area contributed by atoms with Crippen LogP contribution in [0.25, 0.3) is 5.57 Å². The maximum Gasteiger partial charge on any atom is 0.0688 e. The molecule has 1 aliphatic heterocycles. The molecular weight excluding hydrogens is 366 g/mol. The average Bonchev–Trinajstić information content (AvgIpc) is 3.00. The van der Waals surface area contributed by atoms with E-state index in [4.69, 9.17) is 0 Å². The molecule has 0 spiro atoms. The van der Waals surface area contributed by atoms with Crippen molar-refractivity contribution in [1.29, 1.82) is 0 Å². The molecule has 0 fully saturated rings. The lowest BCUT2D eigenvalue weighted by molar-refractivity contribution is 0.393. The highest BCUT2D eigenvalue weighted by atomic mass is 15.2. The van der Waals surface area contributed by atoms with Crippen LogP contribution in [0.1, 0.15) is 51.2 Å². The zero-order valence-corrected chi connectivity index (χ0v) is 19.5. The minimum Gasteiger partial charge on any atom is -0.383 e. The second kappa shape index (κ2) is 10.8. The summed E-state index contributed by atoms with van der Waals surface area (Å²) in [7, 11) is 4.07. The van der Waals surface area contributed by atoms with E-state index in [1.54, 1.807) is 0 Å². The molecule has 0 radical (unpaired) electrons. The van der Waals surface area contributed by atoms with Crippen molar-refractivity contribution in [3.63, 3.8) is 0 Å². The van der Waals surface area contributed by atoms with E-state index in [9.17, 15) is 0 Å². The van der Waals surface area contributed by atoms with Crippen molar-refractivity contribution in [3.05, 3.63) is 89.4 Å². The Labute approximate surface area is 183 Å². The summed E-state index contributed by atoms with van der Waals surface area (Å²) in [4.78, 5) is 8.99. The number of hydrogen-bond donors (Lipinski definition) is 0. The van der Waals surface area contributed by atoms with E-state index in [0.29, 0.717) is 0 Å². The fourth-order valence-corrected chi connectivity index (χ4v) is 3.72. The molecule has 1 aromatic carbocycles. The number of hydrogen-bond acceptors (Lipinski definition) is 3. The van der Waals surface area contributed by atoms with Crippen molar-refractivity contribution in [1.82, 2.24) is 9.80 Å². The van der Waals surface area contributed by atoms with E-state index in [1.165, 1.54) is 11.1 Å². The molecule has 0 bridgehead atoms. The van der Waals surface area contributed by atoms with E-state index in [1.807, 2.05) is 34.2 Å². The molecule has 0 saturated heterocycles. The normalized spacial score (nSPS) is 14.8. The third-order valence-corrected chi connectivity index (χ3v) is 5.26. The van der Waals surface area contributed by atoms with Gasteiger partial charge in [-0.2, -0.15) is 0 Å². The van der Waals surface area contributed by atoms with Crippen molar-refractivity contribution in [2.24, 2.45) is 4.99 Å². The lowest BCUT2D eigenvalue weighted by Crippen LogP contribution is -2.19. The zero-order valence-electron chi connectivity index (χ0n) is 19.5. The third kappa shape index (κ3) is 5.85. The molecule has 1 aliphatic rings. The summed E-state index contributed by atoms with van der Waals surface area (Å²) >= 11 is 0. The van der Waals surface area contributed by atoms with Crippen LogP contribution in [0.3, 0.4) is 0 Å².